The molecule has 0 unspecified atom stereocenters. The highest BCUT2D eigenvalue weighted by molar-refractivity contribution is 7.89. The second-order valence-corrected chi connectivity index (χ2v) is 7.46. The molecule has 0 aromatic heterocycles. The lowest BCUT2D eigenvalue weighted by atomic mass is 10.3. The van der Waals surface area contributed by atoms with E-state index < -0.39 is 37.3 Å². The van der Waals surface area contributed by atoms with E-state index in [1.165, 1.54) is 12.1 Å². The quantitative estimate of drug-likeness (QED) is 0.652. The van der Waals surface area contributed by atoms with Gasteiger partial charge in [-0.1, -0.05) is 12.1 Å². The minimum absolute atomic E-state index is 0.171. The lowest BCUT2D eigenvalue weighted by Gasteiger charge is -2.12. The fourth-order valence-electron chi connectivity index (χ4n) is 1.37. The van der Waals surface area contributed by atoms with E-state index in [4.69, 9.17) is 0 Å². The van der Waals surface area contributed by atoms with Gasteiger partial charge in [-0.2, -0.15) is 8.78 Å². The van der Waals surface area contributed by atoms with Gasteiger partial charge < -0.3 is 4.74 Å². The molecule has 0 amide bonds. The smallest absolute Gasteiger partial charge is 0.387 e. The summed E-state index contributed by atoms with van der Waals surface area (Å²) in [7, 11) is -7.54. The van der Waals surface area contributed by atoms with Crippen LogP contribution in [0.1, 0.15) is 0 Å². The van der Waals surface area contributed by atoms with E-state index in [2.05, 4.69) is 14.2 Å². The van der Waals surface area contributed by atoms with Gasteiger partial charge in [0.25, 0.3) is 0 Å². The average Bonchev–Trinajstić information content (AvgIpc) is 2.33. The molecular weight excluding hydrogens is 330 g/mol. The summed E-state index contributed by atoms with van der Waals surface area (Å²) in [5.74, 6) is -0.490. The fourth-order valence-corrected chi connectivity index (χ4v) is 3.00. The predicted molar refractivity (Wildman–Crippen MR) is 71.1 cm³/mol. The predicted octanol–water partition coefficient (Wildman–Crippen LogP) is 0.115. The molecule has 0 spiro atoms. The maximum atomic E-state index is 12.2. The Kier molecular flexibility index (Phi) is 6.01. The van der Waals surface area contributed by atoms with Crippen LogP contribution in [0.5, 0.6) is 5.75 Å². The van der Waals surface area contributed by atoms with Crippen LogP contribution < -0.4 is 14.2 Å². The lowest BCUT2D eigenvalue weighted by Crippen LogP contribution is -2.34. The van der Waals surface area contributed by atoms with Crippen LogP contribution in [0.4, 0.5) is 8.78 Å². The summed E-state index contributed by atoms with van der Waals surface area (Å²) in [6.07, 6.45) is 0.924. The Bertz CT molecular complexity index is 676. The minimum atomic E-state index is -4.10. The first-order chi connectivity index (χ1) is 9.62. The third-order valence-electron chi connectivity index (χ3n) is 2.14. The zero-order valence-corrected chi connectivity index (χ0v) is 12.5. The molecule has 11 heteroatoms. The number of hydrogen-bond donors (Lipinski definition) is 2. The van der Waals surface area contributed by atoms with Gasteiger partial charge in [0.15, 0.2) is 0 Å². The summed E-state index contributed by atoms with van der Waals surface area (Å²) >= 11 is 0. The molecule has 0 radical (unpaired) electrons. The maximum absolute atomic E-state index is 12.2. The van der Waals surface area contributed by atoms with Gasteiger partial charge in [-0.05, 0) is 12.1 Å². The van der Waals surface area contributed by atoms with E-state index in [-0.39, 0.29) is 13.1 Å². The highest BCUT2D eigenvalue weighted by atomic mass is 32.2. The third-order valence-corrected chi connectivity index (χ3v) is 4.37. The van der Waals surface area contributed by atoms with Crippen LogP contribution in [0.3, 0.4) is 0 Å². The molecule has 0 aliphatic rings. The lowest BCUT2D eigenvalue weighted by molar-refractivity contribution is -0.0517. The molecular formula is C10H14F2N2O5S2. The molecule has 2 N–H and O–H groups in total. The molecule has 0 saturated heterocycles. The molecule has 0 aliphatic carbocycles. The second kappa shape index (κ2) is 7.11. The fraction of sp³-hybridized carbons (Fsp3) is 0.400. The van der Waals surface area contributed by atoms with Crippen LogP contribution in [-0.4, -0.2) is 42.8 Å². The molecule has 0 fully saturated rings. The van der Waals surface area contributed by atoms with Crippen molar-refractivity contribution < 1.29 is 30.4 Å². The SMILES string of the molecule is CS(=O)(=O)NCCNS(=O)(=O)c1ccccc1OC(F)F. The Labute approximate surface area is 121 Å². The minimum Gasteiger partial charge on any atom is -0.433 e. The number of alkyl halides is 2. The van der Waals surface area contributed by atoms with Crippen molar-refractivity contribution in [1.82, 2.24) is 9.44 Å². The first kappa shape index (κ1) is 17.8. The van der Waals surface area contributed by atoms with Crippen molar-refractivity contribution in [2.24, 2.45) is 0 Å². The van der Waals surface area contributed by atoms with Gasteiger partial charge in [-0.15, -0.1) is 0 Å². The summed E-state index contributed by atoms with van der Waals surface area (Å²) in [6, 6.07) is 4.89. The maximum Gasteiger partial charge on any atom is 0.387 e. The Morgan fingerprint density at radius 1 is 1.10 bits per heavy atom. The third kappa shape index (κ3) is 6.33. The van der Waals surface area contributed by atoms with Crippen LogP contribution in [0, 0.1) is 0 Å². The molecule has 1 aromatic rings. The van der Waals surface area contributed by atoms with Gasteiger partial charge in [0.1, 0.15) is 10.6 Å². The van der Waals surface area contributed by atoms with Crippen LogP contribution in [0.25, 0.3) is 0 Å². The van der Waals surface area contributed by atoms with E-state index in [9.17, 15) is 25.6 Å². The van der Waals surface area contributed by atoms with Gasteiger partial charge >= 0.3 is 6.61 Å². The molecule has 0 heterocycles. The first-order valence-corrected chi connectivity index (χ1v) is 8.97. The normalized spacial score (nSPS) is 12.6. The van der Waals surface area contributed by atoms with E-state index in [0.29, 0.717) is 0 Å². The van der Waals surface area contributed by atoms with Gasteiger partial charge in [-0.3, -0.25) is 0 Å². The number of sulfonamides is 2. The van der Waals surface area contributed by atoms with Crippen LogP contribution in [0.15, 0.2) is 29.2 Å². The number of hydrogen-bond acceptors (Lipinski definition) is 5. The molecule has 7 nitrogen and oxygen atoms in total. The van der Waals surface area contributed by atoms with Gasteiger partial charge in [0.05, 0.1) is 6.26 Å². The number of halogens is 2. The molecule has 1 aromatic carbocycles. The zero-order chi connectivity index (χ0) is 16.1. The Hall–Kier alpha value is -1.30. The van der Waals surface area contributed by atoms with Crippen molar-refractivity contribution in [1.29, 1.82) is 0 Å². The largest absolute Gasteiger partial charge is 0.433 e. The molecule has 120 valence electrons. The number of rotatable bonds is 8. The van der Waals surface area contributed by atoms with E-state index in [0.717, 1.165) is 18.4 Å². The Balaban J connectivity index is 2.79. The van der Waals surface area contributed by atoms with Crippen molar-refractivity contribution in [2.75, 3.05) is 19.3 Å². The summed E-state index contributed by atoms with van der Waals surface area (Å²) in [5.41, 5.74) is 0. The summed E-state index contributed by atoms with van der Waals surface area (Å²) in [4.78, 5) is -0.454. The van der Waals surface area contributed by atoms with Crippen molar-refractivity contribution >= 4 is 20.0 Å². The van der Waals surface area contributed by atoms with Gasteiger partial charge in [0, 0.05) is 13.1 Å². The number of ether oxygens (including phenoxy) is 1. The van der Waals surface area contributed by atoms with E-state index in [1.807, 2.05) is 0 Å². The van der Waals surface area contributed by atoms with Crippen molar-refractivity contribution in [3.8, 4) is 5.75 Å². The van der Waals surface area contributed by atoms with Crippen molar-refractivity contribution in [3.63, 3.8) is 0 Å². The second-order valence-electron chi connectivity index (χ2n) is 3.89. The number of nitrogens with one attached hydrogen (secondary N) is 2. The highest BCUT2D eigenvalue weighted by Gasteiger charge is 2.20. The molecule has 0 atom stereocenters. The molecule has 0 saturated carbocycles. The number of para-hydroxylation sites is 1. The molecule has 1 rings (SSSR count). The van der Waals surface area contributed by atoms with Crippen LogP contribution in [-0.2, 0) is 20.0 Å². The highest BCUT2D eigenvalue weighted by Crippen LogP contribution is 2.24. The van der Waals surface area contributed by atoms with E-state index >= 15 is 0 Å². The van der Waals surface area contributed by atoms with Gasteiger partial charge in [-0.25, -0.2) is 26.3 Å². The summed E-state index contributed by atoms with van der Waals surface area (Å²) in [6.45, 7) is -3.57. The first-order valence-electron chi connectivity index (χ1n) is 5.60. The average molecular weight is 344 g/mol. The topological polar surface area (TPSA) is 102 Å². The Morgan fingerprint density at radius 3 is 2.24 bits per heavy atom. The van der Waals surface area contributed by atoms with Crippen LogP contribution >= 0.6 is 0 Å². The molecule has 0 bridgehead atoms. The number of benzene rings is 1. The van der Waals surface area contributed by atoms with Crippen molar-refractivity contribution in [3.05, 3.63) is 24.3 Å². The standard InChI is InChI=1S/C10H14F2N2O5S2/c1-20(15,16)13-6-7-14-21(17,18)9-5-3-2-4-8(9)19-10(11)12/h2-5,10,13-14H,6-7H2,1H3. The van der Waals surface area contributed by atoms with Gasteiger partial charge in [0.2, 0.25) is 20.0 Å². The summed E-state index contributed by atoms with van der Waals surface area (Å²) in [5, 5.41) is 0. The van der Waals surface area contributed by atoms with Crippen molar-refractivity contribution in [2.45, 2.75) is 11.5 Å². The Morgan fingerprint density at radius 2 is 1.67 bits per heavy atom. The summed E-state index contributed by atoms with van der Waals surface area (Å²) < 4.78 is 78.2. The zero-order valence-electron chi connectivity index (χ0n) is 10.9. The van der Waals surface area contributed by atoms with E-state index in [1.54, 1.807) is 0 Å². The van der Waals surface area contributed by atoms with Crippen LogP contribution in [0.2, 0.25) is 0 Å². The molecule has 21 heavy (non-hydrogen) atoms. The monoisotopic (exact) mass is 344 g/mol. The molecule has 0 aliphatic heterocycles.